The lowest BCUT2D eigenvalue weighted by atomic mass is 9.84. The molecule has 3 nitrogen and oxygen atoms in total. The molecule has 0 amide bonds. The maximum absolute atomic E-state index is 13.6. The van der Waals surface area contributed by atoms with Crippen molar-refractivity contribution in [3.63, 3.8) is 0 Å². The molecule has 4 heteroatoms. The number of Topliss-reactive ketones (excluding diaryl/α,β-unsaturated/α-hetero) is 1. The van der Waals surface area contributed by atoms with Gasteiger partial charge in [-0.1, -0.05) is 121 Å². The molecule has 4 rings (SSSR count). The van der Waals surface area contributed by atoms with E-state index in [9.17, 15) is 9.59 Å². The highest BCUT2D eigenvalue weighted by Crippen LogP contribution is 2.48. The Hall–Kier alpha value is -3.63. The van der Waals surface area contributed by atoms with E-state index in [-0.39, 0.29) is 11.5 Å². The van der Waals surface area contributed by atoms with Crippen LogP contribution in [0.5, 0.6) is 0 Å². The van der Waals surface area contributed by atoms with Crippen molar-refractivity contribution < 1.29 is 14.3 Å². The van der Waals surface area contributed by atoms with Gasteiger partial charge in [0.15, 0.2) is 5.78 Å². The van der Waals surface area contributed by atoms with Crippen LogP contribution in [0.25, 0.3) is 0 Å². The van der Waals surface area contributed by atoms with Crippen molar-refractivity contribution >= 4 is 23.5 Å². The van der Waals surface area contributed by atoms with Gasteiger partial charge in [-0.05, 0) is 41.5 Å². The summed E-state index contributed by atoms with van der Waals surface area (Å²) in [6.07, 6.45) is 2.02. The molecule has 1 unspecified atom stereocenters. The van der Waals surface area contributed by atoms with Crippen molar-refractivity contribution in [1.29, 1.82) is 0 Å². The fraction of sp³-hybridized carbons (Fsp3) is 0.212. The molecule has 0 aromatic heterocycles. The fourth-order valence-electron chi connectivity index (χ4n) is 4.76. The molecule has 0 aliphatic heterocycles. The SMILES string of the molecule is COC(=O)C(CCCc1ccccc1)C(=O)CSC(c1ccccc1)(c1ccccc1)c1ccccc1. The first-order valence-corrected chi connectivity index (χ1v) is 13.6. The van der Waals surface area contributed by atoms with Gasteiger partial charge in [-0.3, -0.25) is 9.59 Å². The number of carbonyl (C=O) groups is 2. The zero-order chi connectivity index (χ0) is 25.9. The van der Waals surface area contributed by atoms with Crippen molar-refractivity contribution in [2.75, 3.05) is 12.9 Å². The number of rotatable bonds is 12. The molecule has 37 heavy (non-hydrogen) atoms. The Morgan fingerprint density at radius 3 is 1.57 bits per heavy atom. The molecule has 4 aromatic carbocycles. The highest BCUT2D eigenvalue weighted by Gasteiger charge is 2.38. The number of hydrogen-bond donors (Lipinski definition) is 0. The molecule has 0 saturated carbocycles. The topological polar surface area (TPSA) is 43.4 Å². The Labute approximate surface area is 223 Å². The summed E-state index contributed by atoms with van der Waals surface area (Å²) < 4.78 is 4.45. The van der Waals surface area contributed by atoms with Crippen LogP contribution >= 0.6 is 11.8 Å². The number of esters is 1. The van der Waals surface area contributed by atoms with Crippen molar-refractivity contribution in [2.45, 2.75) is 24.0 Å². The molecule has 1 atom stereocenters. The summed E-state index contributed by atoms with van der Waals surface area (Å²) in [5.74, 6) is -1.15. The molecule has 0 N–H and O–H groups in total. The third-order valence-corrected chi connectivity index (χ3v) is 8.22. The van der Waals surface area contributed by atoms with Gasteiger partial charge in [0, 0.05) is 0 Å². The summed E-state index contributed by atoms with van der Waals surface area (Å²) >= 11 is 1.57. The highest BCUT2D eigenvalue weighted by molar-refractivity contribution is 8.01. The van der Waals surface area contributed by atoms with Gasteiger partial charge in [0.05, 0.1) is 17.6 Å². The van der Waals surface area contributed by atoms with Crippen molar-refractivity contribution in [3.8, 4) is 0 Å². The van der Waals surface area contributed by atoms with Crippen LogP contribution in [-0.2, 0) is 25.5 Å². The minimum atomic E-state index is -0.777. The van der Waals surface area contributed by atoms with Crippen LogP contribution in [0.3, 0.4) is 0 Å². The molecule has 0 aliphatic rings. The fourth-order valence-corrected chi connectivity index (χ4v) is 6.22. The maximum atomic E-state index is 13.6. The van der Waals surface area contributed by atoms with Crippen LogP contribution < -0.4 is 0 Å². The molecule has 188 valence electrons. The van der Waals surface area contributed by atoms with Gasteiger partial charge < -0.3 is 4.74 Å². The lowest BCUT2D eigenvalue weighted by Gasteiger charge is -2.35. The number of carbonyl (C=O) groups excluding carboxylic acids is 2. The number of hydrogen-bond acceptors (Lipinski definition) is 4. The Kier molecular flexibility index (Phi) is 9.34. The van der Waals surface area contributed by atoms with E-state index in [1.54, 1.807) is 11.8 Å². The summed E-state index contributed by atoms with van der Waals surface area (Å²) in [6, 6.07) is 40.9. The molecule has 0 radical (unpaired) electrons. The van der Waals surface area contributed by atoms with Gasteiger partial charge >= 0.3 is 5.97 Å². The second-order valence-corrected chi connectivity index (χ2v) is 10.2. The second kappa shape index (κ2) is 13.1. The molecule has 0 fully saturated rings. The first-order valence-electron chi connectivity index (χ1n) is 12.6. The summed E-state index contributed by atoms with van der Waals surface area (Å²) in [4.78, 5) is 26.3. The quantitative estimate of drug-likeness (QED) is 0.116. The predicted octanol–water partition coefficient (Wildman–Crippen LogP) is 7.09. The highest BCUT2D eigenvalue weighted by atomic mass is 32.2. The van der Waals surface area contributed by atoms with Crippen LogP contribution in [0, 0.1) is 5.92 Å². The number of aryl methyl sites for hydroxylation is 1. The third-order valence-electron chi connectivity index (χ3n) is 6.65. The van der Waals surface area contributed by atoms with Crippen LogP contribution in [0.2, 0.25) is 0 Å². The van der Waals surface area contributed by atoms with E-state index < -0.39 is 16.6 Å². The van der Waals surface area contributed by atoms with Gasteiger partial charge in [0.2, 0.25) is 0 Å². The van der Waals surface area contributed by atoms with Crippen LogP contribution in [-0.4, -0.2) is 24.6 Å². The van der Waals surface area contributed by atoms with E-state index in [4.69, 9.17) is 4.74 Å². The monoisotopic (exact) mass is 508 g/mol. The lowest BCUT2D eigenvalue weighted by Crippen LogP contribution is -2.31. The van der Waals surface area contributed by atoms with Crippen LogP contribution in [0.15, 0.2) is 121 Å². The van der Waals surface area contributed by atoms with E-state index >= 15 is 0 Å². The molecule has 0 aliphatic carbocycles. The number of thioether (sulfide) groups is 1. The van der Waals surface area contributed by atoms with Gasteiger partial charge in [-0.15, -0.1) is 11.8 Å². The van der Waals surface area contributed by atoms with E-state index in [0.29, 0.717) is 6.42 Å². The Balaban J connectivity index is 1.62. The second-order valence-electron chi connectivity index (χ2n) is 8.99. The van der Waals surface area contributed by atoms with Crippen molar-refractivity contribution in [2.24, 2.45) is 5.92 Å². The van der Waals surface area contributed by atoms with E-state index in [1.165, 1.54) is 12.7 Å². The van der Waals surface area contributed by atoms with E-state index in [1.807, 2.05) is 72.8 Å². The van der Waals surface area contributed by atoms with Crippen molar-refractivity contribution in [3.05, 3.63) is 144 Å². The standard InChI is InChI=1S/C33H32O3S/c1-36-32(35)30(24-14-17-26-15-6-2-7-16-26)31(34)25-37-33(27-18-8-3-9-19-27,28-20-10-4-11-21-28)29-22-12-5-13-23-29/h2-13,15-16,18-23,30H,14,17,24-25H2,1H3. The Morgan fingerprint density at radius 1 is 0.703 bits per heavy atom. The predicted molar refractivity (Wildman–Crippen MR) is 152 cm³/mol. The average molecular weight is 509 g/mol. The average Bonchev–Trinajstić information content (AvgIpc) is 2.97. The minimum absolute atomic E-state index is 0.0999. The van der Waals surface area contributed by atoms with Crippen molar-refractivity contribution in [1.82, 2.24) is 0 Å². The molecule has 0 bridgehead atoms. The van der Waals surface area contributed by atoms with Gasteiger partial charge in [0.25, 0.3) is 0 Å². The number of ether oxygens (including phenoxy) is 1. The Morgan fingerprint density at radius 2 is 1.14 bits per heavy atom. The maximum Gasteiger partial charge on any atom is 0.316 e. The van der Waals surface area contributed by atoms with E-state index in [2.05, 4.69) is 48.5 Å². The molecular weight excluding hydrogens is 476 g/mol. The molecule has 0 spiro atoms. The van der Waals surface area contributed by atoms with Crippen LogP contribution in [0.4, 0.5) is 0 Å². The lowest BCUT2D eigenvalue weighted by molar-refractivity contribution is -0.149. The summed E-state index contributed by atoms with van der Waals surface area (Å²) in [5, 5.41) is 0. The van der Waals surface area contributed by atoms with Gasteiger partial charge in [-0.2, -0.15) is 0 Å². The number of ketones is 1. The summed E-state index contributed by atoms with van der Waals surface area (Å²) in [6.45, 7) is 0. The molecule has 4 aromatic rings. The first kappa shape index (κ1) is 26.4. The Bertz CT molecular complexity index is 1160. The minimum Gasteiger partial charge on any atom is -0.468 e. The largest absolute Gasteiger partial charge is 0.468 e. The zero-order valence-electron chi connectivity index (χ0n) is 21.1. The first-order chi connectivity index (χ1) is 18.1. The number of benzene rings is 4. The van der Waals surface area contributed by atoms with Gasteiger partial charge in [0.1, 0.15) is 5.92 Å². The van der Waals surface area contributed by atoms with Gasteiger partial charge in [-0.25, -0.2) is 0 Å². The third kappa shape index (κ3) is 6.39. The smallest absolute Gasteiger partial charge is 0.316 e. The molecule has 0 heterocycles. The molecular formula is C33H32O3S. The zero-order valence-corrected chi connectivity index (χ0v) is 21.9. The summed E-state index contributed by atoms with van der Waals surface area (Å²) in [5.41, 5.74) is 4.46. The summed E-state index contributed by atoms with van der Waals surface area (Å²) in [7, 11) is 1.36. The van der Waals surface area contributed by atoms with Crippen LogP contribution in [0.1, 0.15) is 35.1 Å². The molecule has 0 saturated heterocycles. The normalized spacial score (nSPS) is 12.0. The van der Waals surface area contributed by atoms with E-state index in [0.717, 1.165) is 29.5 Å². The number of methoxy groups -OCH3 is 1.